The maximum absolute atomic E-state index is 12.3. The number of carbonyl (C=O) groups excluding carboxylic acids is 1. The molecule has 4 nitrogen and oxygen atoms in total. The van der Waals surface area contributed by atoms with Gasteiger partial charge in [-0.25, -0.2) is 0 Å². The number of benzene rings is 2. The molecule has 1 unspecified atom stereocenters. The molecule has 1 aliphatic carbocycles. The quantitative estimate of drug-likeness (QED) is 0.408. The molecule has 100 valence electrons. The summed E-state index contributed by atoms with van der Waals surface area (Å²) >= 11 is 0. The van der Waals surface area contributed by atoms with Gasteiger partial charge in [0.25, 0.3) is 0 Å². The molecule has 0 radical (unpaired) electrons. The Bertz CT molecular complexity index is 717. The lowest BCUT2D eigenvalue weighted by molar-refractivity contribution is 0.0975. The lowest BCUT2D eigenvalue weighted by atomic mass is 9.86. The number of rotatable bonds is 1. The van der Waals surface area contributed by atoms with E-state index in [1.807, 2.05) is 36.4 Å². The number of Topliss-reactive ketones (excluding diaryl/α,β-unsaturated/α-hetero) is 1. The number of carbonyl (C=O) groups is 1. The first-order valence-electron chi connectivity index (χ1n) is 6.90. The van der Waals surface area contributed by atoms with Crippen molar-refractivity contribution in [3.63, 3.8) is 0 Å². The van der Waals surface area contributed by atoms with E-state index in [0.29, 0.717) is 6.42 Å². The molecule has 0 bridgehead atoms. The van der Waals surface area contributed by atoms with E-state index in [1.54, 1.807) is 0 Å². The van der Waals surface area contributed by atoms with Crippen LogP contribution in [0.15, 0.2) is 41.5 Å². The fraction of sp³-hybridized carbons (Fsp3) is 0.312. The van der Waals surface area contributed by atoms with Gasteiger partial charge in [-0.3, -0.25) is 4.79 Å². The van der Waals surface area contributed by atoms with Crippen LogP contribution in [0.1, 0.15) is 47.6 Å². The smallest absolute Gasteiger partial charge is 0.163 e. The largest absolute Gasteiger partial charge is 0.294 e. The Morgan fingerprint density at radius 1 is 1.15 bits per heavy atom. The molecule has 3 rings (SSSR count). The van der Waals surface area contributed by atoms with Crippen LogP contribution in [0.3, 0.4) is 0 Å². The molecule has 0 saturated carbocycles. The van der Waals surface area contributed by atoms with Crippen molar-refractivity contribution in [1.29, 1.82) is 0 Å². The third kappa shape index (κ3) is 2.15. The molecule has 0 fully saturated rings. The third-order valence-electron chi connectivity index (χ3n) is 3.93. The van der Waals surface area contributed by atoms with E-state index in [2.05, 4.69) is 10.0 Å². The highest BCUT2D eigenvalue weighted by Crippen LogP contribution is 2.36. The van der Waals surface area contributed by atoms with Gasteiger partial charge in [-0.2, -0.15) is 0 Å². The first-order chi connectivity index (χ1) is 9.81. The van der Waals surface area contributed by atoms with E-state index in [4.69, 9.17) is 5.53 Å². The summed E-state index contributed by atoms with van der Waals surface area (Å²) in [6, 6.07) is 11.6. The van der Waals surface area contributed by atoms with Gasteiger partial charge in [-0.05, 0) is 34.7 Å². The summed E-state index contributed by atoms with van der Waals surface area (Å²) in [7, 11) is 0. The number of ketones is 1. The summed E-state index contributed by atoms with van der Waals surface area (Å²) in [5, 5.41) is 6.05. The Hall–Kier alpha value is -2.32. The van der Waals surface area contributed by atoms with Crippen molar-refractivity contribution in [2.45, 2.75) is 31.7 Å². The van der Waals surface area contributed by atoms with Crippen molar-refractivity contribution in [3.05, 3.63) is 58.0 Å². The monoisotopic (exact) mass is 265 g/mol. The zero-order chi connectivity index (χ0) is 13.9. The molecular formula is C16H15N3O. The average Bonchev–Trinajstić information content (AvgIpc) is 2.47. The maximum Gasteiger partial charge on any atom is 0.163 e. The molecule has 1 aliphatic rings. The van der Waals surface area contributed by atoms with Crippen LogP contribution in [0.5, 0.6) is 0 Å². The number of fused-ring (bicyclic) bond motifs is 3. The number of hydrogen-bond acceptors (Lipinski definition) is 2. The van der Waals surface area contributed by atoms with Crippen LogP contribution in [0, 0.1) is 0 Å². The van der Waals surface area contributed by atoms with Crippen LogP contribution in [-0.4, -0.2) is 5.78 Å². The molecule has 0 saturated heterocycles. The minimum Gasteiger partial charge on any atom is -0.294 e. The molecule has 0 spiro atoms. The summed E-state index contributed by atoms with van der Waals surface area (Å²) < 4.78 is 0. The van der Waals surface area contributed by atoms with Crippen molar-refractivity contribution >= 4 is 16.6 Å². The molecule has 1 atom stereocenters. The Morgan fingerprint density at radius 3 is 2.85 bits per heavy atom. The summed E-state index contributed by atoms with van der Waals surface area (Å²) in [4.78, 5) is 15.3. The average molecular weight is 265 g/mol. The van der Waals surface area contributed by atoms with Gasteiger partial charge >= 0.3 is 0 Å². The zero-order valence-corrected chi connectivity index (χ0v) is 11.1. The number of azide groups is 1. The van der Waals surface area contributed by atoms with Crippen LogP contribution in [-0.2, 0) is 0 Å². The third-order valence-corrected chi connectivity index (χ3v) is 3.93. The molecule has 0 N–H and O–H groups in total. The van der Waals surface area contributed by atoms with Gasteiger partial charge in [-0.1, -0.05) is 47.9 Å². The topological polar surface area (TPSA) is 65.8 Å². The second-order valence-corrected chi connectivity index (χ2v) is 5.14. The van der Waals surface area contributed by atoms with Crippen LogP contribution < -0.4 is 0 Å². The molecule has 0 heterocycles. The van der Waals surface area contributed by atoms with E-state index < -0.39 is 0 Å². The van der Waals surface area contributed by atoms with E-state index in [0.717, 1.165) is 41.2 Å². The first kappa shape index (κ1) is 12.7. The highest BCUT2D eigenvalue weighted by atomic mass is 16.1. The van der Waals surface area contributed by atoms with Crippen molar-refractivity contribution in [2.75, 3.05) is 0 Å². The molecule has 2 aromatic rings. The number of hydrogen-bond donors (Lipinski definition) is 0. The summed E-state index contributed by atoms with van der Waals surface area (Å²) in [6.45, 7) is 0. The van der Waals surface area contributed by atoms with E-state index in [-0.39, 0.29) is 11.8 Å². The minimum atomic E-state index is -0.245. The standard InChI is InChI=1S/C16H15N3O/c17-19-18-14-7-3-4-8-15(20)13-10-9-11-5-1-2-6-12(11)16(13)14/h1-2,5-6,9-10,14H,3-4,7-8H2. The molecular weight excluding hydrogens is 250 g/mol. The van der Waals surface area contributed by atoms with Gasteiger partial charge in [-0.15, -0.1) is 0 Å². The van der Waals surface area contributed by atoms with Crippen molar-refractivity contribution in [2.24, 2.45) is 5.11 Å². The normalized spacial score (nSPS) is 18.8. The molecule has 4 heteroatoms. The van der Waals surface area contributed by atoms with Gasteiger partial charge in [0, 0.05) is 16.9 Å². The van der Waals surface area contributed by atoms with Gasteiger partial charge in [0.1, 0.15) is 0 Å². The molecule has 2 aromatic carbocycles. The fourth-order valence-electron chi connectivity index (χ4n) is 2.98. The van der Waals surface area contributed by atoms with E-state index in [9.17, 15) is 4.79 Å². The fourth-order valence-corrected chi connectivity index (χ4v) is 2.98. The van der Waals surface area contributed by atoms with Crippen molar-refractivity contribution in [3.8, 4) is 0 Å². The Morgan fingerprint density at radius 2 is 2.00 bits per heavy atom. The number of nitrogens with zero attached hydrogens (tertiary/aromatic N) is 3. The highest BCUT2D eigenvalue weighted by molar-refractivity contribution is 6.03. The summed E-state index contributed by atoms with van der Waals surface area (Å²) in [6.07, 6.45) is 3.16. The van der Waals surface area contributed by atoms with Crippen LogP contribution in [0.2, 0.25) is 0 Å². The van der Waals surface area contributed by atoms with Crippen molar-refractivity contribution < 1.29 is 4.79 Å². The SMILES string of the molecule is [N-]=[N+]=NC1CCCCC(=O)c2ccc3ccccc3c21. The second-order valence-electron chi connectivity index (χ2n) is 5.14. The van der Waals surface area contributed by atoms with E-state index in [1.165, 1.54) is 0 Å². The zero-order valence-electron chi connectivity index (χ0n) is 11.1. The first-order valence-corrected chi connectivity index (χ1v) is 6.90. The maximum atomic E-state index is 12.3. The minimum absolute atomic E-state index is 0.156. The molecule has 0 amide bonds. The highest BCUT2D eigenvalue weighted by Gasteiger charge is 2.23. The Balaban J connectivity index is 2.32. The summed E-state index contributed by atoms with van der Waals surface area (Å²) in [5.41, 5.74) is 10.4. The Kier molecular flexibility index (Phi) is 3.40. The summed E-state index contributed by atoms with van der Waals surface area (Å²) in [5.74, 6) is 0.156. The lowest BCUT2D eigenvalue weighted by Crippen LogP contribution is -2.11. The predicted molar refractivity (Wildman–Crippen MR) is 78.6 cm³/mol. The Labute approximate surface area is 117 Å². The van der Waals surface area contributed by atoms with Gasteiger partial charge in [0.2, 0.25) is 0 Å². The molecule has 0 aromatic heterocycles. The van der Waals surface area contributed by atoms with Crippen LogP contribution in [0.4, 0.5) is 0 Å². The molecule has 20 heavy (non-hydrogen) atoms. The lowest BCUT2D eigenvalue weighted by Gasteiger charge is -2.20. The van der Waals surface area contributed by atoms with Crippen LogP contribution >= 0.6 is 0 Å². The van der Waals surface area contributed by atoms with Crippen LogP contribution in [0.25, 0.3) is 21.2 Å². The van der Waals surface area contributed by atoms with E-state index >= 15 is 0 Å². The van der Waals surface area contributed by atoms with Gasteiger partial charge in [0.15, 0.2) is 5.78 Å². The second kappa shape index (κ2) is 5.35. The molecule has 0 aliphatic heterocycles. The predicted octanol–water partition coefficient (Wildman–Crippen LogP) is 4.95. The van der Waals surface area contributed by atoms with Gasteiger partial charge < -0.3 is 0 Å². The van der Waals surface area contributed by atoms with Gasteiger partial charge in [0.05, 0.1) is 6.04 Å². The van der Waals surface area contributed by atoms with Crippen molar-refractivity contribution in [1.82, 2.24) is 0 Å².